The first kappa shape index (κ1) is 25.1. The number of aromatic nitrogens is 4. The number of nitrogens with one attached hydrogen (secondary N) is 2. The molecule has 0 aliphatic carbocycles. The number of hydrogen-bond donors (Lipinski definition) is 3. The zero-order valence-electron chi connectivity index (χ0n) is 20.9. The number of amides is 2. The number of nitrogens with zero attached hydrogens (tertiary/aromatic N) is 6. The molecule has 2 amide bonds. The molecule has 3 aromatic heterocycles. The molecule has 192 valence electrons. The van der Waals surface area contributed by atoms with Gasteiger partial charge in [0, 0.05) is 50.0 Å². The van der Waals surface area contributed by atoms with Gasteiger partial charge in [0.15, 0.2) is 5.82 Å². The van der Waals surface area contributed by atoms with E-state index in [1.807, 2.05) is 28.8 Å². The lowest BCUT2D eigenvalue weighted by Crippen LogP contribution is -2.48. The number of benzene rings is 1. The molecule has 0 bridgehead atoms. The molecule has 11 heteroatoms. The van der Waals surface area contributed by atoms with Crippen LogP contribution in [0.5, 0.6) is 0 Å². The maximum Gasteiger partial charge on any atom is 0.324 e. The SMILES string of the molecule is CC(C)N1CCN(Cc2cc(-c3ccc(NC(=O)Nc4cccc(Br)n4)cc3)c3c(N)ncnn23)CC1. The van der Waals surface area contributed by atoms with Crippen molar-refractivity contribution >= 4 is 44.8 Å². The molecule has 4 aromatic rings. The largest absolute Gasteiger partial charge is 0.382 e. The maximum atomic E-state index is 12.4. The average Bonchev–Trinajstić information content (AvgIpc) is 3.24. The van der Waals surface area contributed by atoms with Crippen molar-refractivity contribution in [2.45, 2.75) is 26.4 Å². The minimum absolute atomic E-state index is 0.370. The second-order valence-corrected chi connectivity index (χ2v) is 10.2. The summed E-state index contributed by atoms with van der Waals surface area (Å²) in [6.45, 7) is 9.42. The molecule has 0 radical (unpaired) electrons. The zero-order chi connectivity index (χ0) is 25.9. The lowest BCUT2D eigenvalue weighted by molar-refractivity contribution is 0.103. The van der Waals surface area contributed by atoms with Crippen LogP contribution in [0.4, 0.5) is 22.1 Å². The van der Waals surface area contributed by atoms with Crippen molar-refractivity contribution in [2.24, 2.45) is 0 Å². The fraction of sp³-hybridized carbons (Fsp3) is 0.308. The van der Waals surface area contributed by atoms with Crippen molar-refractivity contribution in [1.82, 2.24) is 29.4 Å². The minimum atomic E-state index is -0.370. The van der Waals surface area contributed by atoms with Crippen LogP contribution in [-0.2, 0) is 6.54 Å². The summed E-state index contributed by atoms with van der Waals surface area (Å²) in [4.78, 5) is 25.8. The maximum absolute atomic E-state index is 12.4. The average molecular weight is 564 g/mol. The Morgan fingerprint density at radius 1 is 1.08 bits per heavy atom. The number of nitrogens with two attached hydrogens (primary N) is 1. The molecule has 0 atom stereocenters. The van der Waals surface area contributed by atoms with Crippen LogP contribution < -0.4 is 16.4 Å². The molecule has 5 rings (SSSR count). The number of nitrogen functional groups attached to an aromatic ring is 1. The summed E-state index contributed by atoms with van der Waals surface area (Å²) < 4.78 is 2.55. The Kier molecular flexibility index (Phi) is 7.36. The quantitative estimate of drug-likeness (QED) is 0.299. The van der Waals surface area contributed by atoms with E-state index in [-0.39, 0.29) is 6.03 Å². The Morgan fingerprint density at radius 2 is 1.84 bits per heavy atom. The van der Waals surface area contributed by atoms with E-state index < -0.39 is 0 Å². The zero-order valence-corrected chi connectivity index (χ0v) is 22.4. The first-order valence-corrected chi connectivity index (χ1v) is 13.0. The predicted molar refractivity (Wildman–Crippen MR) is 149 cm³/mol. The van der Waals surface area contributed by atoms with Crippen LogP contribution in [0.15, 0.2) is 59.5 Å². The number of piperazine rings is 1. The van der Waals surface area contributed by atoms with Crippen LogP contribution >= 0.6 is 15.9 Å². The van der Waals surface area contributed by atoms with Crippen molar-refractivity contribution < 1.29 is 4.79 Å². The van der Waals surface area contributed by atoms with E-state index in [0.717, 1.165) is 55.1 Å². The predicted octanol–water partition coefficient (Wildman–Crippen LogP) is 4.31. The van der Waals surface area contributed by atoms with Gasteiger partial charge in [-0.15, -0.1) is 0 Å². The van der Waals surface area contributed by atoms with E-state index in [4.69, 9.17) is 5.73 Å². The topological polar surface area (TPSA) is 117 Å². The van der Waals surface area contributed by atoms with E-state index in [1.54, 1.807) is 18.2 Å². The molecule has 0 unspecified atom stereocenters. The van der Waals surface area contributed by atoms with E-state index in [0.29, 0.717) is 28.0 Å². The highest BCUT2D eigenvalue weighted by Gasteiger charge is 2.22. The molecule has 10 nitrogen and oxygen atoms in total. The molecule has 1 aliphatic heterocycles. The number of urea groups is 1. The summed E-state index contributed by atoms with van der Waals surface area (Å²) in [5.74, 6) is 0.890. The number of fused-ring (bicyclic) bond motifs is 1. The van der Waals surface area contributed by atoms with Crippen molar-refractivity contribution in [1.29, 1.82) is 0 Å². The summed E-state index contributed by atoms with van der Waals surface area (Å²) in [6.07, 6.45) is 1.50. The van der Waals surface area contributed by atoms with Crippen molar-refractivity contribution in [3.8, 4) is 11.1 Å². The lowest BCUT2D eigenvalue weighted by atomic mass is 10.1. The molecule has 0 saturated carbocycles. The summed E-state index contributed by atoms with van der Waals surface area (Å²) in [5, 5.41) is 10.1. The Morgan fingerprint density at radius 3 is 2.54 bits per heavy atom. The van der Waals surface area contributed by atoms with Crippen molar-refractivity contribution in [3.05, 3.63) is 65.2 Å². The van der Waals surface area contributed by atoms with Crippen LogP contribution in [0, 0.1) is 0 Å². The first-order chi connectivity index (χ1) is 17.9. The molecule has 1 saturated heterocycles. The summed E-state index contributed by atoms with van der Waals surface area (Å²) in [6, 6.07) is 15.3. The second-order valence-electron chi connectivity index (χ2n) is 9.36. The van der Waals surface area contributed by atoms with Gasteiger partial charge in [0.25, 0.3) is 0 Å². The second kappa shape index (κ2) is 10.8. The fourth-order valence-corrected chi connectivity index (χ4v) is 4.97. The summed E-state index contributed by atoms with van der Waals surface area (Å²) >= 11 is 3.30. The molecule has 4 heterocycles. The van der Waals surface area contributed by atoms with Crippen molar-refractivity contribution in [3.63, 3.8) is 0 Å². The number of anilines is 3. The van der Waals surface area contributed by atoms with Crippen LogP contribution in [0.3, 0.4) is 0 Å². The molecule has 37 heavy (non-hydrogen) atoms. The third kappa shape index (κ3) is 5.74. The summed E-state index contributed by atoms with van der Waals surface area (Å²) in [7, 11) is 0. The van der Waals surface area contributed by atoms with Gasteiger partial charge in [0.05, 0.1) is 5.69 Å². The van der Waals surface area contributed by atoms with E-state index in [2.05, 4.69) is 71.3 Å². The van der Waals surface area contributed by atoms with Gasteiger partial charge >= 0.3 is 6.03 Å². The highest BCUT2D eigenvalue weighted by atomic mass is 79.9. The Bertz CT molecular complexity index is 1400. The number of rotatable bonds is 6. The lowest BCUT2D eigenvalue weighted by Gasteiger charge is -2.36. The summed E-state index contributed by atoms with van der Waals surface area (Å²) in [5.41, 5.74) is 10.8. The van der Waals surface area contributed by atoms with E-state index in [1.165, 1.54) is 6.33 Å². The first-order valence-electron chi connectivity index (χ1n) is 12.3. The molecule has 1 aliphatic rings. The highest BCUT2D eigenvalue weighted by molar-refractivity contribution is 9.10. The van der Waals surface area contributed by atoms with Crippen molar-refractivity contribution in [2.75, 3.05) is 42.5 Å². The Hall–Kier alpha value is -3.54. The van der Waals surface area contributed by atoms with Gasteiger partial charge in [-0.25, -0.2) is 19.3 Å². The van der Waals surface area contributed by atoms with Gasteiger partial charge in [0.1, 0.15) is 22.3 Å². The van der Waals surface area contributed by atoms with Gasteiger partial charge in [-0.2, -0.15) is 5.10 Å². The number of carbonyl (C=O) groups excluding carboxylic acids is 1. The van der Waals surface area contributed by atoms with Crippen LogP contribution in [-0.4, -0.2) is 67.6 Å². The fourth-order valence-electron chi connectivity index (χ4n) is 4.62. The molecule has 1 aromatic carbocycles. The van der Waals surface area contributed by atoms with Crippen LogP contribution in [0.25, 0.3) is 16.6 Å². The normalized spacial score (nSPS) is 14.8. The molecule has 4 N–H and O–H groups in total. The molecule has 1 fully saturated rings. The number of halogens is 1. The van der Waals surface area contributed by atoms with Crippen LogP contribution in [0.2, 0.25) is 0 Å². The molecule has 0 spiro atoms. The molecular formula is C26H30BrN9O. The standard InChI is InChI=1S/C26H30BrN9O/c1-17(2)35-12-10-34(11-13-35)15-20-14-21(24-25(28)29-16-30-36(20)24)18-6-8-19(9-7-18)31-26(37)33-23-5-3-4-22(27)32-23/h3-9,14,16-17H,10-13,15H2,1-2H3,(H2,28,29,30)(H2,31,32,33,37). The monoisotopic (exact) mass is 563 g/mol. The van der Waals surface area contributed by atoms with E-state index in [9.17, 15) is 4.79 Å². The third-order valence-corrected chi connectivity index (χ3v) is 7.03. The highest BCUT2D eigenvalue weighted by Crippen LogP contribution is 2.31. The van der Waals surface area contributed by atoms with Gasteiger partial charge in [0.2, 0.25) is 0 Å². The minimum Gasteiger partial charge on any atom is -0.382 e. The Balaban J connectivity index is 1.33. The van der Waals surface area contributed by atoms with E-state index >= 15 is 0 Å². The smallest absolute Gasteiger partial charge is 0.324 e. The molecular weight excluding hydrogens is 534 g/mol. The van der Waals surface area contributed by atoms with Gasteiger partial charge in [-0.3, -0.25) is 15.1 Å². The van der Waals surface area contributed by atoms with Crippen LogP contribution in [0.1, 0.15) is 19.5 Å². The van der Waals surface area contributed by atoms with Gasteiger partial charge in [-0.05, 0) is 65.7 Å². The van der Waals surface area contributed by atoms with Gasteiger partial charge < -0.3 is 11.1 Å². The van der Waals surface area contributed by atoms with Gasteiger partial charge in [-0.1, -0.05) is 18.2 Å². The Labute approximate surface area is 224 Å². The number of pyridine rings is 1. The third-order valence-electron chi connectivity index (χ3n) is 6.59. The number of hydrogen-bond acceptors (Lipinski definition) is 7. The number of carbonyl (C=O) groups is 1.